The number of hydrogen-bond donors (Lipinski definition) is 2. The number of anilines is 2. The molecular weight excluding hydrogens is 473 g/mol. The van der Waals surface area contributed by atoms with E-state index in [1.165, 1.54) is 6.07 Å². The zero-order valence-corrected chi connectivity index (χ0v) is 21.2. The van der Waals surface area contributed by atoms with Crippen LogP contribution in [0.1, 0.15) is 49.0 Å². The van der Waals surface area contributed by atoms with Gasteiger partial charge in [0.1, 0.15) is 11.6 Å². The summed E-state index contributed by atoms with van der Waals surface area (Å²) in [5.74, 6) is -0.266. The molecule has 3 atom stereocenters. The Balaban J connectivity index is 1.41. The summed E-state index contributed by atoms with van der Waals surface area (Å²) < 4.78 is 22.0. The normalized spacial score (nSPS) is 22.2. The number of ether oxygens (including phenoxy) is 1. The lowest BCUT2D eigenvalue weighted by molar-refractivity contribution is 0.102. The molecule has 9 nitrogen and oxygen atoms in total. The van der Waals surface area contributed by atoms with Crippen molar-refractivity contribution in [1.29, 1.82) is 0 Å². The molecule has 6 rings (SSSR count). The largest absolute Gasteiger partial charge is 0.370 e. The van der Waals surface area contributed by atoms with Crippen molar-refractivity contribution in [2.24, 2.45) is 7.05 Å². The van der Waals surface area contributed by atoms with Gasteiger partial charge in [-0.1, -0.05) is 0 Å². The number of rotatable bonds is 4. The van der Waals surface area contributed by atoms with E-state index in [0.717, 1.165) is 37.0 Å². The Labute approximate surface area is 214 Å². The second kappa shape index (κ2) is 9.35. The van der Waals surface area contributed by atoms with Gasteiger partial charge in [0.05, 0.1) is 11.1 Å². The third-order valence-corrected chi connectivity index (χ3v) is 7.04. The number of hydrogen-bond acceptors (Lipinski definition) is 7. The number of fused-ring (bicyclic) bond motifs is 2. The number of carbonyl (C=O) groups excluding carboxylic acids is 1. The molecule has 2 saturated heterocycles. The Kier molecular flexibility index (Phi) is 6.00. The molecule has 0 radical (unpaired) electrons. The maximum absolute atomic E-state index is 14.6. The van der Waals surface area contributed by atoms with Crippen LogP contribution >= 0.6 is 0 Å². The molecule has 4 heterocycles. The molecule has 2 aromatic heterocycles. The van der Waals surface area contributed by atoms with Crippen molar-refractivity contribution >= 4 is 39.1 Å². The molecule has 4 aromatic rings. The molecule has 1 amide bonds. The Bertz CT molecular complexity index is 1490. The SMILES string of the molecule is CC1CN(c2ccc(C(=O)Nc3cc(F)c4nn(C)cc4c3)c3nc(C4CCCO4)ncc23)CC(C)N1. The van der Waals surface area contributed by atoms with E-state index >= 15 is 0 Å². The maximum Gasteiger partial charge on any atom is 0.257 e. The van der Waals surface area contributed by atoms with E-state index in [2.05, 4.69) is 39.5 Å². The van der Waals surface area contributed by atoms with Crippen LogP contribution in [0.5, 0.6) is 0 Å². The summed E-state index contributed by atoms with van der Waals surface area (Å²) in [5.41, 5.74) is 2.59. The zero-order valence-electron chi connectivity index (χ0n) is 21.2. The highest BCUT2D eigenvalue weighted by molar-refractivity contribution is 6.14. The maximum atomic E-state index is 14.6. The minimum Gasteiger partial charge on any atom is -0.370 e. The number of aryl methyl sites for hydroxylation is 1. The van der Waals surface area contributed by atoms with Gasteiger partial charge in [-0.3, -0.25) is 9.48 Å². The van der Waals surface area contributed by atoms with E-state index in [4.69, 9.17) is 9.72 Å². The lowest BCUT2D eigenvalue weighted by Crippen LogP contribution is -2.54. The van der Waals surface area contributed by atoms with Gasteiger partial charge in [-0.25, -0.2) is 14.4 Å². The van der Waals surface area contributed by atoms with E-state index in [1.54, 1.807) is 30.1 Å². The number of nitrogens with one attached hydrogen (secondary N) is 2. The standard InChI is InChI=1S/C27H30FN7O2/c1-15-12-35(13-16(2)30-15)22-7-6-19(25-20(22)11-29-26(32-25)23-5-4-8-37-23)27(36)31-18-9-17-14-34(3)33-24(17)21(28)10-18/h6-7,9-11,14-16,23,30H,4-5,8,12-13H2,1-3H3,(H,31,36). The molecule has 2 aromatic carbocycles. The van der Waals surface area contributed by atoms with Gasteiger partial charge in [0.25, 0.3) is 5.91 Å². The number of nitrogens with zero attached hydrogens (tertiary/aromatic N) is 5. The second-order valence-electron chi connectivity index (χ2n) is 10.2. The van der Waals surface area contributed by atoms with Gasteiger partial charge in [0.2, 0.25) is 0 Å². The van der Waals surface area contributed by atoms with Gasteiger partial charge >= 0.3 is 0 Å². The van der Waals surface area contributed by atoms with Gasteiger partial charge in [0.15, 0.2) is 11.6 Å². The highest BCUT2D eigenvalue weighted by Gasteiger charge is 2.26. The summed E-state index contributed by atoms with van der Waals surface area (Å²) in [6, 6.07) is 7.42. The minimum atomic E-state index is -0.487. The van der Waals surface area contributed by atoms with Crippen LogP contribution in [-0.4, -0.2) is 57.4 Å². The van der Waals surface area contributed by atoms with E-state index in [1.807, 2.05) is 12.3 Å². The first-order valence-electron chi connectivity index (χ1n) is 12.7. The van der Waals surface area contributed by atoms with Gasteiger partial charge < -0.3 is 20.3 Å². The van der Waals surface area contributed by atoms with Crippen molar-refractivity contribution in [2.75, 3.05) is 29.9 Å². The third kappa shape index (κ3) is 4.51. The quantitative estimate of drug-likeness (QED) is 0.435. The fraction of sp³-hybridized carbons (Fsp3) is 0.407. The Morgan fingerprint density at radius 3 is 2.76 bits per heavy atom. The van der Waals surface area contributed by atoms with Gasteiger partial charge in [-0.05, 0) is 51.0 Å². The molecule has 3 unspecified atom stereocenters. The average Bonchev–Trinajstić information content (AvgIpc) is 3.52. The smallest absolute Gasteiger partial charge is 0.257 e. The summed E-state index contributed by atoms with van der Waals surface area (Å²) >= 11 is 0. The molecule has 0 aliphatic carbocycles. The van der Waals surface area contributed by atoms with E-state index in [9.17, 15) is 9.18 Å². The van der Waals surface area contributed by atoms with Crippen LogP contribution in [0.25, 0.3) is 21.8 Å². The molecule has 0 spiro atoms. The topological polar surface area (TPSA) is 97.2 Å². The van der Waals surface area contributed by atoms with Crippen molar-refractivity contribution in [3.8, 4) is 0 Å². The predicted molar refractivity (Wildman–Crippen MR) is 140 cm³/mol. The number of aromatic nitrogens is 4. The Morgan fingerprint density at radius 2 is 2.00 bits per heavy atom. The highest BCUT2D eigenvalue weighted by atomic mass is 19.1. The Hall–Kier alpha value is -3.63. The molecule has 2 aliphatic heterocycles. The molecule has 0 bridgehead atoms. The molecule has 10 heteroatoms. The van der Waals surface area contributed by atoms with Crippen molar-refractivity contribution in [1.82, 2.24) is 25.1 Å². The predicted octanol–water partition coefficient (Wildman–Crippen LogP) is 3.95. The van der Waals surface area contributed by atoms with Crippen LogP contribution in [0.4, 0.5) is 15.8 Å². The van der Waals surface area contributed by atoms with Crippen molar-refractivity contribution < 1.29 is 13.9 Å². The Morgan fingerprint density at radius 1 is 1.19 bits per heavy atom. The lowest BCUT2D eigenvalue weighted by Gasteiger charge is -2.38. The van der Waals surface area contributed by atoms with Crippen LogP contribution in [0.2, 0.25) is 0 Å². The summed E-state index contributed by atoms with van der Waals surface area (Å²) in [4.78, 5) is 25.4. The average molecular weight is 504 g/mol. The number of amides is 1. The van der Waals surface area contributed by atoms with Crippen molar-refractivity contribution in [2.45, 2.75) is 44.9 Å². The monoisotopic (exact) mass is 503 g/mol. The molecule has 2 fully saturated rings. The lowest BCUT2D eigenvalue weighted by atomic mass is 10.0. The first-order chi connectivity index (χ1) is 17.9. The summed E-state index contributed by atoms with van der Waals surface area (Å²) in [6.07, 6.45) is 5.16. The molecule has 0 saturated carbocycles. The van der Waals surface area contributed by atoms with E-state index in [-0.39, 0.29) is 17.5 Å². The number of piperazine rings is 1. The van der Waals surface area contributed by atoms with Crippen molar-refractivity contribution in [3.63, 3.8) is 0 Å². The van der Waals surface area contributed by atoms with Gasteiger partial charge in [0, 0.05) is 73.4 Å². The van der Waals surface area contributed by atoms with Gasteiger partial charge in [-0.2, -0.15) is 5.10 Å². The molecule has 2 N–H and O–H groups in total. The van der Waals surface area contributed by atoms with Crippen LogP contribution in [-0.2, 0) is 11.8 Å². The second-order valence-corrected chi connectivity index (χ2v) is 10.2. The molecule has 192 valence electrons. The van der Waals surface area contributed by atoms with Gasteiger partial charge in [-0.15, -0.1) is 0 Å². The minimum absolute atomic E-state index is 0.176. The third-order valence-electron chi connectivity index (χ3n) is 7.04. The molecule has 37 heavy (non-hydrogen) atoms. The number of carbonyl (C=O) groups is 1. The van der Waals surface area contributed by atoms with E-state index in [0.29, 0.717) is 46.7 Å². The number of halogens is 1. The van der Waals surface area contributed by atoms with E-state index < -0.39 is 5.82 Å². The number of benzene rings is 2. The van der Waals surface area contributed by atoms with Crippen molar-refractivity contribution in [3.05, 3.63) is 53.9 Å². The highest BCUT2D eigenvalue weighted by Crippen LogP contribution is 2.33. The van der Waals surface area contributed by atoms with Crippen LogP contribution in [0.15, 0.2) is 36.7 Å². The van der Waals surface area contributed by atoms with Crippen LogP contribution < -0.4 is 15.5 Å². The summed E-state index contributed by atoms with van der Waals surface area (Å²) in [5, 5.41) is 12.0. The summed E-state index contributed by atoms with van der Waals surface area (Å²) in [7, 11) is 1.73. The zero-order chi connectivity index (χ0) is 25.7. The molecular formula is C27H30FN7O2. The molecule has 2 aliphatic rings. The fourth-order valence-electron chi connectivity index (χ4n) is 5.52. The first-order valence-corrected chi connectivity index (χ1v) is 12.7. The van der Waals surface area contributed by atoms with Crippen LogP contribution in [0, 0.1) is 5.82 Å². The first kappa shape index (κ1) is 23.7. The van der Waals surface area contributed by atoms with Crippen LogP contribution in [0.3, 0.4) is 0 Å². The summed E-state index contributed by atoms with van der Waals surface area (Å²) in [6.45, 7) is 6.68. The fourth-order valence-corrected chi connectivity index (χ4v) is 5.52.